The van der Waals surface area contributed by atoms with Gasteiger partial charge in [-0.3, -0.25) is 4.79 Å². The highest BCUT2D eigenvalue weighted by Crippen LogP contribution is 2.22. The van der Waals surface area contributed by atoms with Crippen LogP contribution < -0.4 is 10.6 Å². The molecule has 1 saturated heterocycles. The maximum Gasteiger partial charge on any atom is 0.251 e. The molecule has 0 saturated carbocycles. The number of benzene rings is 1. The van der Waals surface area contributed by atoms with Crippen LogP contribution in [0.5, 0.6) is 0 Å². The van der Waals surface area contributed by atoms with Gasteiger partial charge in [-0.2, -0.15) is 0 Å². The largest absolute Gasteiger partial charge is 0.350 e. The summed E-state index contributed by atoms with van der Waals surface area (Å²) in [7, 11) is 0. The van der Waals surface area contributed by atoms with Crippen LogP contribution in [-0.2, 0) is 0 Å². The van der Waals surface area contributed by atoms with E-state index in [-0.39, 0.29) is 5.91 Å². The summed E-state index contributed by atoms with van der Waals surface area (Å²) in [5, 5.41) is 7.07. The molecule has 2 N–H and O–H groups in total. The van der Waals surface area contributed by atoms with Crippen LogP contribution >= 0.6 is 23.2 Å². The predicted molar refractivity (Wildman–Crippen MR) is 69.8 cm³/mol. The number of amides is 1. The summed E-state index contributed by atoms with van der Waals surface area (Å²) in [4.78, 5) is 11.8. The Morgan fingerprint density at radius 1 is 1.41 bits per heavy atom. The van der Waals surface area contributed by atoms with E-state index in [1.807, 2.05) is 0 Å². The molecule has 0 spiro atoms. The molecule has 0 aromatic heterocycles. The van der Waals surface area contributed by atoms with Crippen molar-refractivity contribution in [3.8, 4) is 0 Å². The zero-order chi connectivity index (χ0) is 12.3. The van der Waals surface area contributed by atoms with Crippen molar-refractivity contribution in [3.63, 3.8) is 0 Å². The topological polar surface area (TPSA) is 41.1 Å². The fraction of sp³-hybridized carbons (Fsp3) is 0.417. The number of halogens is 2. The molecule has 1 unspecified atom stereocenters. The van der Waals surface area contributed by atoms with E-state index in [2.05, 4.69) is 10.6 Å². The monoisotopic (exact) mass is 272 g/mol. The van der Waals surface area contributed by atoms with Crippen LogP contribution in [0.25, 0.3) is 0 Å². The Kier molecular flexibility index (Phi) is 4.26. The molecule has 3 nitrogen and oxygen atoms in total. The highest BCUT2D eigenvalue weighted by atomic mass is 35.5. The van der Waals surface area contributed by atoms with Crippen molar-refractivity contribution in [2.24, 2.45) is 0 Å². The van der Waals surface area contributed by atoms with Gasteiger partial charge in [-0.25, -0.2) is 0 Å². The lowest BCUT2D eigenvalue weighted by Gasteiger charge is -2.11. The maximum absolute atomic E-state index is 11.8. The van der Waals surface area contributed by atoms with Crippen LogP contribution in [0, 0.1) is 0 Å². The van der Waals surface area contributed by atoms with Crippen molar-refractivity contribution >= 4 is 29.1 Å². The molecule has 1 aromatic carbocycles. The molecule has 1 fully saturated rings. The van der Waals surface area contributed by atoms with E-state index in [1.54, 1.807) is 18.2 Å². The summed E-state index contributed by atoms with van der Waals surface area (Å²) in [6.07, 6.45) is 2.29. The molecular formula is C12H14Cl2N2O. The van der Waals surface area contributed by atoms with Crippen molar-refractivity contribution in [1.29, 1.82) is 0 Å². The fourth-order valence-electron chi connectivity index (χ4n) is 1.89. The standard InChI is InChI=1S/C12H14Cl2N2O/c13-10-4-3-8(6-11(10)14)12(17)16-7-9-2-1-5-15-9/h3-4,6,9,15H,1-2,5,7H2,(H,16,17). The van der Waals surface area contributed by atoms with Crippen molar-refractivity contribution < 1.29 is 4.79 Å². The first-order valence-corrected chi connectivity index (χ1v) is 6.39. The zero-order valence-corrected chi connectivity index (χ0v) is 10.8. The third kappa shape index (κ3) is 3.35. The van der Waals surface area contributed by atoms with Gasteiger partial charge in [0.1, 0.15) is 0 Å². The van der Waals surface area contributed by atoms with E-state index in [0.717, 1.165) is 13.0 Å². The minimum atomic E-state index is -0.114. The van der Waals surface area contributed by atoms with Gasteiger partial charge in [0.15, 0.2) is 0 Å². The molecule has 5 heteroatoms. The summed E-state index contributed by atoms with van der Waals surface area (Å²) in [6.45, 7) is 1.69. The van der Waals surface area contributed by atoms with E-state index in [1.165, 1.54) is 6.42 Å². The molecule has 1 amide bonds. The average molecular weight is 273 g/mol. The lowest BCUT2D eigenvalue weighted by atomic mass is 10.2. The van der Waals surface area contributed by atoms with Gasteiger partial charge in [-0.15, -0.1) is 0 Å². The van der Waals surface area contributed by atoms with Gasteiger partial charge < -0.3 is 10.6 Å². The van der Waals surface area contributed by atoms with Crippen LogP contribution in [0.15, 0.2) is 18.2 Å². The third-order valence-corrected chi connectivity index (χ3v) is 3.59. The molecule has 1 aromatic rings. The lowest BCUT2D eigenvalue weighted by Crippen LogP contribution is -2.37. The lowest BCUT2D eigenvalue weighted by molar-refractivity contribution is 0.0950. The minimum Gasteiger partial charge on any atom is -0.350 e. The van der Waals surface area contributed by atoms with Gasteiger partial charge in [-0.1, -0.05) is 23.2 Å². The molecule has 1 atom stereocenters. The number of hydrogen-bond donors (Lipinski definition) is 2. The Labute approximate surface area is 110 Å². The molecular weight excluding hydrogens is 259 g/mol. The first-order valence-electron chi connectivity index (χ1n) is 5.63. The Morgan fingerprint density at radius 3 is 2.88 bits per heavy atom. The van der Waals surface area contributed by atoms with Crippen molar-refractivity contribution in [1.82, 2.24) is 10.6 Å². The SMILES string of the molecule is O=C(NCC1CCCN1)c1ccc(Cl)c(Cl)c1. The van der Waals surface area contributed by atoms with Gasteiger partial charge >= 0.3 is 0 Å². The Hall–Kier alpha value is -0.770. The number of nitrogens with one attached hydrogen (secondary N) is 2. The molecule has 2 rings (SSSR count). The van der Waals surface area contributed by atoms with E-state index >= 15 is 0 Å². The van der Waals surface area contributed by atoms with Crippen LogP contribution in [-0.4, -0.2) is 25.0 Å². The Balaban J connectivity index is 1.92. The van der Waals surface area contributed by atoms with Crippen LogP contribution in [0.3, 0.4) is 0 Å². The smallest absolute Gasteiger partial charge is 0.251 e. The number of carbonyl (C=O) groups excluding carboxylic acids is 1. The number of rotatable bonds is 3. The van der Waals surface area contributed by atoms with Crippen molar-refractivity contribution in [2.75, 3.05) is 13.1 Å². The molecule has 0 radical (unpaired) electrons. The summed E-state index contributed by atoms with van der Waals surface area (Å²) in [5.74, 6) is -0.114. The average Bonchev–Trinajstić information content (AvgIpc) is 2.82. The quantitative estimate of drug-likeness (QED) is 0.888. The molecule has 0 aliphatic carbocycles. The van der Waals surface area contributed by atoms with Crippen LogP contribution in [0.4, 0.5) is 0 Å². The predicted octanol–water partition coefficient (Wildman–Crippen LogP) is 2.48. The van der Waals surface area contributed by atoms with E-state index in [0.29, 0.717) is 28.2 Å². The molecule has 92 valence electrons. The van der Waals surface area contributed by atoms with Gasteiger partial charge in [0, 0.05) is 18.2 Å². The molecule has 0 bridgehead atoms. The van der Waals surface area contributed by atoms with Gasteiger partial charge in [-0.05, 0) is 37.6 Å². The van der Waals surface area contributed by atoms with Gasteiger partial charge in [0.2, 0.25) is 0 Å². The Morgan fingerprint density at radius 2 is 2.24 bits per heavy atom. The summed E-state index contributed by atoms with van der Waals surface area (Å²) in [6, 6.07) is 5.28. The van der Waals surface area contributed by atoms with Crippen molar-refractivity contribution in [2.45, 2.75) is 18.9 Å². The minimum absolute atomic E-state index is 0.114. The first kappa shape index (κ1) is 12.7. The highest BCUT2D eigenvalue weighted by molar-refractivity contribution is 6.42. The molecule has 1 aliphatic rings. The second-order valence-corrected chi connectivity index (χ2v) is 4.95. The molecule has 1 heterocycles. The summed E-state index contributed by atoms with van der Waals surface area (Å²) in [5.41, 5.74) is 0.539. The second kappa shape index (κ2) is 5.71. The number of hydrogen-bond acceptors (Lipinski definition) is 2. The zero-order valence-electron chi connectivity index (χ0n) is 9.30. The molecule has 17 heavy (non-hydrogen) atoms. The Bertz CT molecular complexity index is 417. The van der Waals surface area contributed by atoms with E-state index in [9.17, 15) is 4.79 Å². The van der Waals surface area contributed by atoms with Crippen LogP contribution in [0.2, 0.25) is 10.0 Å². The van der Waals surface area contributed by atoms with Crippen molar-refractivity contribution in [3.05, 3.63) is 33.8 Å². The number of carbonyl (C=O) groups is 1. The van der Waals surface area contributed by atoms with E-state index in [4.69, 9.17) is 23.2 Å². The molecule has 1 aliphatic heterocycles. The van der Waals surface area contributed by atoms with Gasteiger partial charge in [0.05, 0.1) is 10.0 Å². The van der Waals surface area contributed by atoms with Crippen LogP contribution in [0.1, 0.15) is 23.2 Å². The second-order valence-electron chi connectivity index (χ2n) is 4.13. The van der Waals surface area contributed by atoms with E-state index < -0.39 is 0 Å². The maximum atomic E-state index is 11.8. The third-order valence-electron chi connectivity index (χ3n) is 2.85. The normalized spacial score (nSPS) is 19.3. The summed E-state index contributed by atoms with van der Waals surface area (Å²) >= 11 is 11.7. The summed E-state index contributed by atoms with van der Waals surface area (Å²) < 4.78 is 0. The first-order chi connectivity index (χ1) is 8.16. The van der Waals surface area contributed by atoms with Gasteiger partial charge in [0.25, 0.3) is 5.91 Å². The fourth-order valence-corrected chi connectivity index (χ4v) is 2.18. The highest BCUT2D eigenvalue weighted by Gasteiger charge is 2.15.